The number of rotatable bonds is 5. The molecule has 0 bridgehead atoms. The van der Waals surface area contributed by atoms with Gasteiger partial charge in [-0.05, 0) is 92.4 Å². The largest absolute Gasteiger partial charge is 0.248 e. The van der Waals surface area contributed by atoms with Crippen LogP contribution in [0.5, 0.6) is 0 Å². The molecule has 0 saturated heterocycles. The van der Waals surface area contributed by atoms with Crippen molar-refractivity contribution in [1.29, 1.82) is 0 Å². The molecule has 2 aromatic rings. The quantitative estimate of drug-likeness (QED) is 0.386. The van der Waals surface area contributed by atoms with Gasteiger partial charge in [-0.15, -0.1) is 0 Å². The van der Waals surface area contributed by atoms with E-state index in [-0.39, 0.29) is 5.82 Å². The number of halogens is 1. The third-order valence-electron chi connectivity index (χ3n) is 6.53. The first-order valence-electron chi connectivity index (χ1n) is 10.7. The summed E-state index contributed by atoms with van der Waals surface area (Å²) in [5.74, 6) is 0.269. The smallest absolute Gasteiger partial charge is 0.128 e. The minimum atomic E-state index is -0.136. The molecule has 1 heterocycles. The number of allylic oxidation sites excluding steroid dienone is 7. The van der Waals surface area contributed by atoms with E-state index in [2.05, 4.69) is 52.5 Å². The van der Waals surface area contributed by atoms with Crippen molar-refractivity contribution in [2.45, 2.75) is 60.3 Å². The summed E-state index contributed by atoms with van der Waals surface area (Å²) in [7, 11) is 0. The Bertz CT molecular complexity index is 1120. The van der Waals surface area contributed by atoms with Crippen molar-refractivity contribution in [2.75, 3.05) is 0 Å². The van der Waals surface area contributed by atoms with Crippen LogP contribution in [0.2, 0.25) is 0 Å². The van der Waals surface area contributed by atoms with Gasteiger partial charge in [0.25, 0.3) is 0 Å². The monoisotopic (exact) mass is 387 g/mol. The average Bonchev–Trinajstić information content (AvgIpc) is 3.52. The van der Waals surface area contributed by atoms with E-state index in [0.29, 0.717) is 5.92 Å². The highest BCUT2D eigenvalue weighted by Crippen LogP contribution is 2.38. The second-order valence-electron chi connectivity index (χ2n) is 8.58. The molecule has 0 amide bonds. The summed E-state index contributed by atoms with van der Waals surface area (Å²) in [6.07, 6.45) is 10.8. The molecule has 1 aromatic heterocycles. The van der Waals surface area contributed by atoms with Crippen molar-refractivity contribution in [3.8, 4) is 0 Å². The SMILES string of the molecule is C=C(C)/C(CC)=C(\C=C(/C)c1nc2cc(F)c(C)c3c2c(c1C)CCC3)C1C=C1. The number of aryl methyl sites for hydroxylation is 2. The summed E-state index contributed by atoms with van der Waals surface area (Å²) >= 11 is 0. The molecule has 0 spiro atoms. The Morgan fingerprint density at radius 2 is 1.83 bits per heavy atom. The minimum Gasteiger partial charge on any atom is -0.248 e. The summed E-state index contributed by atoms with van der Waals surface area (Å²) in [6, 6.07) is 1.63. The lowest BCUT2D eigenvalue weighted by atomic mass is 9.84. The predicted molar refractivity (Wildman–Crippen MR) is 122 cm³/mol. The molecule has 1 nitrogen and oxygen atoms in total. The van der Waals surface area contributed by atoms with Gasteiger partial charge in [0, 0.05) is 17.4 Å². The van der Waals surface area contributed by atoms with Gasteiger partial charge in [-0.25, -0.2) is 9.37 Å². The summed E-state index contributed by atoms with van der Waals surface area (Å²) < 4.78 is 14.6. The molecule has 0 unspecified atom stereocenters. The third-order valence-corrected chi connectivity index (χ3v) is 6.53. The maximum atomic E-state index is 14.6. The normalized spacial score (nSPS) is 17.0. The zero-order valence-corrected chi connectivity index (χ0v) is 18.2. The second kappa shape index (κ2) is 7.40. The molecule has 29 heavy (non-hydrogen) atoms. The van der Waals surface area contributed by atoms with Gasteiger partial charge in [0.15, 0.2) is 0 Å². The van der Waals surface area contributed by atoms with Crippen LogP contribution in [-0.4, -0.2) is 4.98 Å². The lowest BCUT2D eigenvalue weighted by molar-refractivity contribution is 0.615. The molecule has 0 radical (unpaired) electrons. The summed E-state index contributed by atoms with van der Waals surface area (Å²) in [5.41, 5.74) is 11.3. The van der Waals surface area contributed by atoms with Crippen LogP contribution in [0.4, 0.5) is 4.39 Å². The predicted octanol–water partition coefficient (Wildman–Crippen LogP) is 7.35. The first kappa shape index (κ1) is 19.8. The fourth-order valence-electron chi connectivity index (χ4n) is 4.90. The highest BCUT2D eigenvalue weighted by Gasteiger charge is 2.23. The molecule has 1 aromatic carbocycles. The fourth-order valence-corrected chi connectivity index (χ4v) is 4.90. The molecule has 0 aliphatic heterocycles. The van der Waals surface area contributed by atoms with E-state index in [1.807, 2.05) is 6.92 Å². The van der Waals surface area contributed by atoms with Gasteiger partial charge in [-0.1, -0.05) is 37.3 Å². The van der Waals surface area contributed by atoms with Crippen LogP contribution in [0, 0.1) is 25.6 Å². The molecule has 0 N–H and O–H groups in total. The standard InChI is InChI=1S/C27H30FN/c1-7-20(15(2)3)23(19-11-12-19)13-16(4)27-18(6)22-10-8-9-21-17(5)24(28)14-25(29-27)26(21)22/h11-14,19H,2,7-10H2,1,3-6H3/b16-13+,23-20+. The van der Waals surface area contributed by atoms with Crippen LogP contribution < -0.4 is 0 Å². The fraction of sp³-hybridized carbons (Fsp3) is 0.370. The Labute approximate surface area is 173 Å². The van der Waals surface area contributed by atoms with Crippen molar-refractivity contribution in [3.63, 3.8) is 0 Å². The second-order valence-corrected chi connectivity index (χ2v) is 8.58. The molecular weight excluding hydrogens is 357 g/mol. The maximum Gasteiger partial charge on any atom is 0.128 e. The summed E-state index contributed by atoms with van der Waals surface area (Å²) in [5, 5.41) is 1.19. The van der Waals surface area contributed by atoms with E-state index < -0.39 is 0 Å². The zero-order chi connectivity index (χ0) is 20.9. The molecule has 2 aliphatic carbocycles. The molecule has 2 heteroatoms. The van der Waals surface area contributed by atoms with Crippen molar-refractivity contribution in [1.82, 2.24) is 4.98 Å². The van der Waals surface area contributed by atoms with Crippen molar-refractivity contribution in [3.05, 3.63) is 81.4 Å². The van der Waals surface area contributed by atoms with Gasteiger partial charge in [0.05, 0.1) is 11.2 Å². The lowest BCUT2D eigenvalue weighted by Crippen LogP contribution is -2.10. The first-order chi connectivity index (χ1) is 13.8. The van der Waals surface area contributed by atoms with Crippen molar-refractivity contribution >= 4 is 16.5 Å². The number of hydrogen-bond acceptors (Lipinski definition) is 1. The zero-order valence-electron chi connectivity index (χ0n) is 18.2. The van der Waals surface area contributed by atoms with Gasteiger partial charge < -0.3 is 0 Å². The van der Waals surface area contributed by atoms with Gasteiger partial charge in [0.1, 0.15) is 5.82 Å². The third kappa shape index (κ3) is 3.39. The molecule has 0 fully saturated rings. The lowest BCUT2D eigenvalue weighted by Gasteiger charge is -2.23. The van der Waals surface area contributed by atoms with Crippen LogP contribution in [-0.2, 0) is 12.8 Å². The van der Waals surface area contributed by atoms with Crippen LogP contribution in [0.1, 0.15) is 61.6 Å². The molecule has 0 saturated carbocycles. The number of nitrogens with zero attached hydrogens (tertiary/aromatic N) is 1. The summed E-state index contributed by atoms with van der Waals surface area (Å²) in [4.78, 5) is 4.97. The Morgan fingerprint density at radius 3 is 2.41 bits per heavy atom. The van der Waals surface area contributed by atoms with E-state index in [1.165, 1.54) is 27.7 Å². The van der Waals surface area contributed by atoms with Gasteiger partial charge in [-0.3, -0.25) is 0 Å². The van der Waals surface area contributed by atoms with E-state index in [9.17, 15) is 4.39 Å². The van der Waals surface area contributed by atoms with Gasteiger partial charge in [-0.2, -0.15) is 0 Å². The molecule has 2 aliphatic rings. The Kier molecular flexibility index (Phi) is 5.06. The van der Waals surface area contributed by atoms with Crippen LogP contribution in [0.3, 0.4) is 0 Å². The average molecular weight is 388 g/mol. The number of hydrogen-bond donors (Lipinski definition) is 0. The van der Waals surface area contributed by atoms with Crippen LogP contribution in [0.15, 0.2) is 47.6 Å². The van der Waals surface area contributed by atoms with E-state index in [4.69, 9.17) is 4.98 Å². The van der Waals surface area contributed by atoms with Crippen molar-refractivity contribution in [2.24, 2.45) is 5.92 Å². The van der Waals surface area contributed by atoms with E-state index in [1.54, 1.807) is 6.07 Å². The molecule has 150 valence electrons. The maximum absolute atomic E-state index is 14.6. The van der Waals surface area contributed by atoms with Gasteiger partial charge >= 0.3 is 0 Å². The number of pyridine rings is 1. The summed E-state index contributed by atoms with van der Waals surface area (Å²) in [6.45, 7) is 14.7. The van der Waals surface area contributed by atoms with E-state index >= 15 is 0 Å². The number of aromatic nitrogens is 1. The Balaban J connectivity index is 1.92. The van der Waals surface area contributed by atoms with Crippen LogP contribution >= 0.6 is 0 Å². The van der Waals surface area contributed by atoms with Crippen molar-refractivity contribution < 1.29 is 4.39 Å². The molecule has 0 atom stereocenters. The highest BCUT2D eigenvalue weighted by atomic mass is 19.1. The number of benzene rings is 1. The molecule has 4 rings (SSSR count). The topological polar surface area (TPSA) is 12.9 Å². The minimum absolute atomic E-state index is 0.136. The van der Waals surface area contributed by atoms with E-state index in [0.717, 1.165) is 59.2 Å². The first-order valence-corrected chi connectivity index (χ1v) is 10.7. The highest BCUT2D eigenvalue weighted by molar-refractivity contribution is 5.91. The van der Waals surface area contributed by atoms with Gasteiger partial charge in [0.2, 0.25) is 0 Å². The Morgan fingerprint density at radius 1 is 1.17 bits per heavy atom. The van der Waals surface area contributed by atoms with Crippen LogP contribution in [0.25, 0.3) is 16.5 Å². The Hall–Kier alpha value is -2.48. The molecular formula is C27H30FN.